The summed E-state index contributed by atoms with van der Waals surface area (Å²) in [6, 6.07) is 0.475. The minimum absolute atomic E-state index is 0.108. The van der Waals surface area contributed by atoms with Crippen molar-refractivity contribution in [3.05, 3.63) is 34.9 Å². The van der Waals surface area contributed by atoms with Crippen molar-refractivity contribution in [2.24, 2.45) is 0 Å². The number of hydrogen-bond donors (Lipinski definition) is 2. The van der Waals surface area contributed by atoms with E-state index in [4.69, 9.17) is 10.2 Å². The fourth-order valence-corrected chi connectivity index (χ4v) is 1.56. The number of alkyl halides is 6. The zero-order chi connectivity index (χ0) is 16.6. The Morgan fingerprint density at radius 1 is 0.952 bits per heavy atom. The Kier molecular flexibility index (Phi) is 4.29. The van der Waals surface area contributed by atoms with Gasteiger partial charge in [0.2, 0.25) is 0 Å². The van der Waals surface area contributed by atoms with Gasteiger partial charge in [-0.25, -0.2) is 0 Å². The van der Waals surface area contributed by atoms with Crippen molar-refractivity contribution in [3.63, 3.8) is 0 Å². The van der Waals surface area contributed by atoms with E-state index < -0.39 is 47.0 Å². The molecular weight excluding hydrogens is 306 g/mol. The Morgan fingerprint density at radius 3 is 1.52 bits per heavy atom. The predicted molar refractivity (Wildman–Crippen MR) is 58.5 cm³/mol. The molecule has 118 valence electrons. The molecule has 1 aromatic carbocycles. The Labute approximate surface area is 114 Å². The highest BCUT2D eigenvalue weighted by Crippen LogP contribution is 2.38. The van der Waals surface area contributed by atoms with Crippen molar-refractivity contribution < 1.29 is 41.4 Å². The third-order valence-electron chi connectivity index (χ3n) is 3.01. The normalized spacial score (nSPS) is 15.6. The molecule has 0 bridgehead atoms. The average molecular weight is 316 g/mol. The molecule has 0 fully saturated rings. The molecule has 0 aliphatic rings. The summed E-state index contributed by atoms with van der Waals surface area (Å²) < 4.78 is 75.9. The molecule has 0 saturated carbocycles. The molecule has 21 heavy (non-hydrogen) atoms. The summed E-state index contributed by atoms with van der Waals surface area (Å²) in [6.45, 7) is -0.314. The number of hydrogen-bond acceptors (Lipinski definition) is 2. The first-order valence-corrected chi connectivity index (χ1v) is 5.46. The molecule has 1 rings (SSSR count). The maximum atomic E-state index is 12.7. The lowest BCUT2D eigenvalue weighted by Crippen LogP contribution is -2.36. The second-order valence-corrected chi connectivity index (χ2v) is 4.59. The van der Waals surface area contributed by atoms with Crippen molar-refractivity contribution in [2.45, 2.75) is 24.7 Å². The first-order chi connectivity index (χ1) is 9.32. The summed E-state index contributed by atoms with van der Waals surface area (Å²) in [6.07, 6.45) is -10.2. The topological polar surface area (TPSA) is 57.5 Å². The molecular formula is C12H10F6O3. The molecule has 0 aliphatic carbocycles. The average Bonchev–Trinajstić information content (AvgIpc) is 2.34. The van der Waals surface area contributed by atoms with Gasteiger partial charge in [-0.3, -0.25) is 4.79 Å². The molecule has 0 aromatic heterocycles. The second kappa shape index (κ2) is 5.21. The summed E-state index contributed by atoms with van der Waals surface area (Å²) in [5.74, 6) is -1.74. The van der Waals surface area contributed by atoms with Crippen LogP contribution in [-0.2, 0) is 22.6 Å². The van der Waals surface area contributed by atoms with E-state index in [-0.39, 0.29) is 6.07 Å². The standard InChI is InChI=1S/C12H10F6O3/c1-10(5-19,9(20)21)6-2-7(11(13,14)15)4-8(3-6)12(16,17)18/h2-4,19H,5H2,1H3,(H,20,21). The van der Waals surface area contributed by atoms with Crippen LogP contribution >= 0.6 is 0 Å². The Morgan fingerprint density at radius 2 is 1.29 bits per heavy atom. The third-order valence-corrected chi connectivity index (χ3v) is 3.01. The lowest BCUT2D eigenvalue weighted by atomic mass is 9.81. The van der Waals surface area contributed by atoms with Gasteiger partial charge in [-0.2, -0.15) is 26.3 Å². The molecule has 3 nitrogen and oxygen atoms in total. The largest absolute Gasteiger partial charge is 0.481 e. The van der Waals surface area contributed by atoms with E-state index in [2.05, 4.69) is 0 Å². The Hall–Kier alpha value is -1.77. The van der Waals surface area contributed by atoms with E-state index in [0.29, 0.717) is 12.1 Å². The highest BCUT2D eigenvalue weighted by atomic mass is 19.4. The van der Waals surface area contributed by atoms with E-state index in [1.807, 2.05) is 0 Å². The van der Waals surface area contributed by atoms with E-state index in [1.54, 1.807) is 0 Å². The first-order valence-electron chi connectivity index (χ1n) is 5.46. The zero-order valence-electron chi connectivity index (χ0n) is 10.5. The molecule has 0 spiro atoms. The van der Waals surface area contributed by atoms with Crippen molar-refractivity contribution >= 4 is 5.97 Å². The van der Waals surface area contributed by atoms with Crippen LogP contribution < -0.4 is 0 Å². The highest BCUT2D eigenvalue weighted by molar-refractivity contribution is 5.81. The van der Waals surface area contributed by atoms with Crippen molar-refractivity contribution in [3.8, 4) is 0 Å². The van der Waals surface area contributed by atoms with Gasteiger partial charge < -0.3 is 10.2 Å². The maximum Gasteiger partial charge on any atom is 0.416 e. The quantitative estimate of drug-likeness (QED) is 0.843. The van der Waals surface area contributed by atoms with Crippen LogP contribution in [0, 0.1) is 0 Å². The summed E-state index contributed by atoms with van der Waals surface area (Å²) in [5.41, 5.74) is -6.32. The van der Waals surface area contributed by atoms with Crippen molar-refractivity contribution in [1.29, 1.82) is 0 Å². The van der Waals surface area contributed by atoms with Gasteiger partial charge in [-0.1, -0.05) is 0 Å². The fourth-order valence-electron chi connectivity index (χ4n) is 1.56. The van der Waals surface area contributed by atoms with Crippen LogP contribution in [0.2, 0.25) is 0 Å². The predicted octanol–water partition coefficient (Wildman–Crippen LogP) is 3.06. The Balaban J connectivity index is 3.64. The zero-order valence-corrected chi connectivity index (χ0v) is 10.5. The molecule has 1 unspecified atom stereocenters. The number of carboxylic acids is 1. The van der Waals surface area contributed by atoms with Crippen molar-refractivity contribution in [2.75, 3.05) is 6.61 Å². The summed E-state index contributed by atoms with van der Waals surface area (Å²) in [7, 11) is 0. The van der Waals surface area contributed by atoms with E-state index in [0.717, 1.165) is 6.92 Å². The van der Waals surface area contributed by atoms with Crippen LogP contribution in [0.1, 0.15) is 23.6 Å². The SMILES string of the molecule is CC(CO)(C(=O)O)c1cc(C(F)(F)F)cc(C(F)(F)F)c1. The monoisotopic (exact) mass is 316 g/mol. The number of benzene rings is 1. The van der Waals surface area contributed by atoms with Crippen LogP contribution in [0.15, 0.2) is 18.2 Å². The first kappa shape index (κ1) is 17.3. The van der Waals surface area contributed by atoms with Crippen LogP contribution in [-0.4, -0.2) is 22.8 Å². The van der Waals surface area contributed by atoms with Crippen LogP contribution in [0.3, 0.4) is 0 Å². The second-order valence-electron chi connectivity index (χ2n) is 4.59. The number of carbonyl (C=O) groups is 1. The lowest BCUT2D eigenvalue weighted by Gasteiger charge is -2.25. The summed E-state index contributed by atoms with van der Waals surface area (Å²) >= 11 is 0. The third kappa shape index (κ3) is 3.46. The van der Waals surface area contributed by atoms with E-state index in [1.165, 1.54) is 0 Å². The van der Waals surface area contributed by atoms with Crippen LogP contribution in [0.4, 0.5) is 26.3 Å². The number of carboxylic acid groups (broad SMARTS) is 1. The van der Waals surface area contributed by atoms with Gasteiger partial charge in [0.05, 0.1) is 17.7 Å². The summed E-state index contributed by atoms with van der Waals surface area (Å²) in [5, 5.41) is 18.0. The Bertz CT molecular complexity index is 517. The molecule has 0 saturated heterocycles. The lowest BCUT2D eigenvalue weighted by molar-refractivity contribution is -0.147. The van der Waals surface area contributed by atoms with E-state index in [9.17, 15) is 31.1 Å². The van der Waals surface area contributed by atoms with Crippen LogP contribution in [0.5, 0.6) is 0 Å². The van der Waals surface area contributed by atoms with Gasteiger partial charge in [-0.15, -0.1) is 0 Å². The van der Waals surface area contributed by atoms with Gasteiger partial charge >= 0.3 is 18.3 Å². The fraction of sp³-hybridized carbons (Fsp3) is 0.417. The van der Waals surface area contributed by atoms with Gasteiger partial charge in [0.15, 0.2) is 0 Å². The molecule has 0 amide bonds. The molecule has 0 heterocycles. The van der Waals surface area contributed by atoms with Crippen molar-refractivity contribution in [1.82, 2.24) is 0 Å². The number of aliphatic hydroxyl groups is 1. The number of halogens is 6. The van der Waals surface area contributed by atoms with Gasteiger partial charge in [0.25, 0.3) is 0 Å². The number of aliphatic hydroxyl groups excluding tert-OH is 1. The minimum atomic E-state index is -5.08. The smallest absolute Gasteiger partial charge is 0.416 e. The van der Waals surface area contributed by atoms with Crippen LogP contribution in [0.25, 0.3) is 0 Å². The molecule has 1 aromatic rings. The molecule has 2 N–H and O–H groups in total. The molecule has 0 radical (unpaired) electrons. The molecule has 9 heteroatoms. The summed E-state index contributed by atoms with van der Waals surface area (Å²) in [4.78, 5) is 11.1. The maximum absolute atomic E-state index is 12.7. The number of aliphatic carboxylic acids is 1. The van der Waals surface area contributed by atoms with Gasteiger partial charge in [0, 0.05) is 0 Å². The van der Waals surface area contributed by atoms with Gasteiger partial charge in [0.1, 0.15) is 5.41 Å². The van der Waals surface area contributed by atoms with Gasteiger partial charge in [-0.05, 0) is 30.7 Å². The highest BCUT2D eigenvalue weighted by Gasteiger charge is 2.41. The van der Waals surface area contributed by atoms with E-state index >= 15 is 0 Å². The minimum Gasteiger partial charge on any atom is -0.481 e. The molecule has 0 aliphatic heterocycles. The molecule has 1 atom stereocenters. The number of rotatable bonds is 3.